The van der Waals surface area contributed by atoms with E-state index in [4.69, 9.17) is 11.0 Å². The molecule has 3 heterocycles. The van der Waals surface area contributed by atoms with Gasteiger partial charge in [-0.1, -0.05) is 12.2 Å². The average Bonchev–Trinajstić information content (AvgIpc) is 3.07. The maximum Gasteiger partial charge on any atom is 0.236 e. The van der Waals surface area contributed by atoms with Crippen LogP contribution in [0.4, 0.5) is 5.82 Å². The first kappa shape index (κ1) is 15.9. The molecule has 0 aliphatic carbocycles. The Hall–Kier alpha value is -3.01. The Morgan fingerprint density at radius 1 is 1.50 bits per heavy atom. The summed E-state index contributed by atoms with van der Waals surface area (Å²) in [6.07, 6.45) is 7.70. The van der Waals surface area contributed by atoms with E-state index in [1.165, 1.54) is 6.33 Å². The fraction of sp³-hybridized carbons (Fsp3) is 0.353. The van der Waals surface area contributed by atoms with E-state index in [0.717, 1.165) is 28.6 Å². The molecule has 1 fully saturated rings. The highest BCUT2D eigenvalue weighted by Crippen LogP contribution is 2.33. The number of rotatable bonds is 3. The van der Waals surface area contributed by atoms with Crippen molar-refractivity contribution in [3.05, 3.63) is 29.9 Å². The van der Waals surface area contributed by atoms with E-state index in [1.807, 2.05) is 25.1 Å². The quantitative estimate of drug-likeness (QED) is 0.924. The molecule has 1 amide bonds. The molecule has 1 aliphatic rings. The van der Waals surface area contributed by atoms with Crippen LogP contribution in [-0.2, 0) is 4.79 Å². The summed E-state index contributed by atoms with van der Waals surface area (Å²) in [6.45, 7) is 3.11. The first-order valence-electron chi connectivity index (χ1n) is 7.82. The molecular formula is C17H18N6O. The fourth-order valence-corrected chi connectivity index (χ4v) is 3.15. The normalized spacial score (nSPS) is 17.5. The van der Waals surface area contributed by atoms with Crippen molar-refractivity contribution in [3.8, 4) is 6.07 Å². The van der Waals surface area contributed by atoms with E-state index in [2.05, 4.69) is 15.0 Å². The van der Waals surface area contributed by atoms with Gasteiger partial charge in [0.1, 0.15) is 18.6 Å². The number of carbonyl (C=O) groups is 1. The van der Waals surface area contributed by atoms with E-state index in [0.29, 0.717) is 18.9 Å². The third kappa shape index (κ3) is 2.78. The Bertz CT molecular complexity index is 854. The Labute approximate surface area is 139 Å². The van der Waals surface area contributed by atoms with Gasteiger partial charge < -0.3 is 10.6 Å². The van der Waals surface area contributed by atoms with E-state index in [9.17, 15) is 4.79 Å². The highest BCUT2D eigenvalue weighted by Gasteiger charge is 2.30. The van der Waals surface area contributed by atoms with Crippen molar-refractivity contribution >= 4 is 28.7 Å². The Kier molecular flexibility index (Phi) is 4.38. The first-order valence-corrected chi connectivity index (χ1v) is 7.82. The molecular weight excluding hydrogens is 304 g/mol. The minimum atomic E-state index is -0.131. The van der Waals surface area contributed by atoms with E-state index in [-0.39, 0.29) is 18.2 Å². The van der Waals surface area contributed by atoms with Crippen molar-refractivity contribution < 1.29 is 4.79 Å². The highest BCUT2D eigenvalue weighted by molar-refractivity contribution is 5.93. The van der Waals surface area contributed by atoms with Crippen LogP contribution in [0, 0.1) is 11.3 Å². The molecule has 0 spiro atoms. The van der Waals surface area contributed by atoms with E-state index >= 15 is 0 Å². The minimum Gasteiger partial charge on any atom is -0.383 e. The molecule has 3 rings (SSSR count). The third-order valence-electron chi connectivity index (χ3n) is 4.27. The van der Waals surface area contributed by atoms with Crippen molar-refractivity contribution in [3.63, 3.8) is 0 Å². The van der Waals surface area contributed by atoms with Gasteiger partial charge in [-0.25, -0.2) is 15.0 Å². The molecule has 0 saturated carbocycles. The predicted octanol–water partition coefficient (Wildman–Crippen LogP) is 1.87. The standard InChI is InChI=1S/C17H18N6O/c1-2-3-12-15-13(8-20-17(12)19)21-10-22-16(15)11-5-7-23(9-11)14(24)4-6-18/h2-3,8,10-11H,4-5,7,9H2,1H3,(H2,19,20)/b3-2-. The summed E-state index contributed by atoms with van der Waals surface area (Å²) in [7, 11) is 0. The third-order valence-corrected chi connectivity index (χ3v) is 4.27. The van der Waals surface area contributed by atoms with Crippen LogP contribution in [0.2, 0.25) is 0 Å². The second-order valence-electron chi connectivity index (χ2n) is 5.74. The number of hydrogen-bond acceptors (Lipinski definition) is 6. The number of anilines is 1. The summed E-state index contributed by atoms with van der Waals surface area (Å²) in [5.74, 6) is 0.407. The van der Waals surface area contributed by atoms with Crippen molar-refractivity contribution in [2.75, 3.05) is 18.8 Å². The lowest BCUT2D eigenvalue weighted by atomic mass is 9.97. The SMILES string of the molecule is C/C=C\c1c(N)ncc2ncnc(C3CCN(C(=O)CC#N)C3)c12. The van der Waals surface area contributed by atoms with Gasteiger partial charge in [-0.05, 0) is 13.3 Å². The van der Waals surface area contributed by atoms with Gasteiger partial charge >= 0.3 is 0 Å². The topological polar surface area (TPSA) is 109 Å². The molecule has 1 aliphatic heterocycles. The Balaban J connectivity index is 2.03. The number of amides is 1. The predicted molar refractivity (Wildman–Crippen MR) is 90.6 cm³/mol. The number of nitrogens with two attached hydrogens (primary N) is 1. The average molecular weight is 322 g/mol. The lowest BCUT2D eigenvalue weighted by Gasteiger charge is -2.16. The van der Waals surface area contributed by atoms with Crippen molar-refractivity contribution in [1.82, 2.24) is 19.9 Å². The maximum absolute atomic E-state index is 11.9. The number of pyridine rings is 1. The smallest absolute Gasteiger partial charge is 0.236 e. The zero-order valence-corrected chi connectivity index (χ0v) is 13.4. The summed E-state index contributed by atoms with van der Waals surface area (Å²) < 4.78 is 0. The second kappa shape index (κ2) is 6.62. The number of aromatic nitrogens is 3. The number of nitriles is 1. The van der Waals surface area contributed by atoms with Crippen LogP contribution in [0.1, 0.15) is 36.9 Å². The summed E-state index contributed by atoms with van der Waals surface area (Å²) in [5.41, 5.74) is 8.47. The van der Waals surface area contributed by atoms with Crippen LogP contribution in [0.3, 0.4) is 0 Å². The molecule has 7 heteroatoms. The molecule has 122 valence electrons. The number of fused-ring (bicyclic) bond motifs is 1. The zero-order valence-electron chi connectivity index (χ0n) is 13.4. The van der Waals surface area contributed by atoms with Gasteiger partial charge in [0.05, 0.1) is 23.5 Å². The molecule has 1 saturated heterocycles. The van der Waals surface area contributed by atoms with Gasteiger partial charge in [0, 0.05) is 30.0 Å². The van der Waals surface area contributed by atoms with E-state index < -0.39 is 0 Å². The second-order valence-corrected chi connectivity index (χ2v) is 5.74. The van der Waals surface area contributed by atoms with Crippen LogP contribution >= 0.6 is 0 Å². The molecule has 2 aromatic rings. The molecule has 2 aromatic heterocycles. The number of likely N-dealkylation sites (tertiary alicyclic amines) is 1. The lowest BCUT2D eigenvalue weighted by Crippen LogP contribution is -2.27. The minimum absolute atomic E-state index is 0.0854. The maximum atomic E-state index is 11.9. The van der Waals surface area contributed by atoms with Gasteiger partial charge in [0.15, 0.2) is 0 Å². The molecule has 0 radical (unpaired) electrons. The summed E-state index contributed by atoms with van der Waals surface area (Å²) in [4.78, 5) is 26.6. The van der Waals surface area contributed by atoms with Gasteiger partial charge in [0.2, 0.25) is 5.91 Å². The summed E-state index contributed by atoms with van der Waals surface area (Å²) in [6, 6.07) is 1.91. The number of nitrogen functional groups attached to an aromatic ring is 1. The van der Waals surface area contributed by atoms with Gasteiger partial charge in [-0.3, -0.25) is 4.79 Å². The van der Waals surface area contributed by atoms with Gasteiger partial charge in [0.25, 0.3) is 0 Å². The first-order chi connectivity index (χ1) is 11.7. The molecule has 24 heavy (non-hydrogen) atoms. The van der Waals surface area contributed by atoms with Crippen LogP contribution in [0.25, 0.3) is 17.0 Å². The van der Waals surface area contributed by atoms with Crippen molar-refractivity contribution in [1.29, 1.82) is 5.26 Å². The van der Waals surface area contributed by atoms with Gasteiger partial charge in [-0.15, -0.1) is 0 Å². The lowest BCUT2D eigenvalue weighted by molar-refractivity contribution is -0.129. The number of carbonyl (C=O) groups excluding carboxylic acids is 1. The van der Waals surface area contributed by atoms with Crippen LogP contribution < -0.4 is 5.73 Å². The Morgan fingerprint density at radius 2 is 2.33 bits per heavy atom. The van der Waals surface area contributed by atoms with Crippen molar-refractivity contribution in [2.45, 2.75) is 25.7 Å². The highest BCUT2D eigenvalue weighted by atomic mass is 16.2. The van der Waals surface area contributed by atoms with Crippen LogP contribution in [0.15, 0.2) is 18.6 Å². The van der Waals surface area contributed by atoms with E-state index in [1.54, 1.807) is 11.1 Å². The fourth-order valence-electron chi connectivity index (χ4n) is 3.15. The molecule has 7 nitrogen and oxygen atoms in total. The van der Waals surface area contributed by atoms with Crippen LogP contribution in [-0.4, -0.2) is 38.8 Å². The summed E-state index contributed by atoms with van der Waals surface area (Å²) >= 11 is 0. The number of allylic oxidation sites excluding steroid dienone is 1. The molecule has 1 atom stereocenters. The molecule has 1 unspecified atom stereocenters. The summed E-state index contributed by atoms with van der Waals surface area (Å²) in [5, 5.41) is 9.59. The molecule has 0 bridgehead atoms. The molecule has 0 aromatic carbocycles. The van der Waals surface area contributed by atoms with Crippen molar-refractivity contribution in [2.24, 2.45) is 0 Å². The number of nitrogens with zero attached hydrogens (tertiary/aromatic N) is 5. The Morgan fingerprint density at radius 3 is 3.08 bits per heavy atom. The van der Waals surface area contributed by atoms with Crippen LogP contribution in [0.5, 0.6) is 0 Å². The zero-order chi connectivity index (χ0) is 17.1. The monoisotopic (exact) mass is 322 g/mol. The van der Waals surface area contributed by atoms with Gasteiger partial charge in [-0.2, -0.15) is 5.26 Å². The number of hydrogen-bond donors (Lipinski definition) is 1. The molecule has 2 N–H and O–H groups in total. The largest absolute Gasteiger partial charge is 0.383 e.